The maximum absolute atomic E-state index is 13.5. The van der Waals surface area contributed by atoms with E-state index in [2.05, 4.69) is 10.5 Å². The molecule has 1 amide bonds. The van der Waals surface area contributed by atoms with Gasteiger partial charge in [0.05, 0.1) is 5.71 Å². The monoisotopic (exact) mass is 271 g/mol. The largest absolute Gasteiger partial charge is 0.399 e. The molecule has 0 aliphatic carbocycles. The number of nitrogens with zero attached hydrogens (tertiary/aromatic N) is 1. The molecular formula is C15H14FN3O. The fourth-order valence-corrected chi connectivity index (χ4v) is 1.65. The summed E-state index contributed by atoms with van der Waals surface area (Å²) in [5, 5.41) is 3.90. The van der Waals surface area contributed by atoms with Crippen LogP contribution in [-0.4, -0.2) is 11.6 Å². The summed E-state index contributed by atoms with van der Waals surface area (Å²) in [5.41, 5.74) is 9.68. The second-order valence-corrected chi connectivity index (χ2v) is 4.24. The minimum absolute atomic E-state index is 0.352. The lowest BCUT2D eigenvalue weighted by atomic mass is 10.1. The number of carbonyl (C=O) groups excluding carboxylic acids is 1. The molecule has 0 fully saturated rings. The summed E-state index contributed by atoms with van der Waals surface area (Å²) in [5.74, 6) is -0.754. The molecule has 0 saturated carbocycles. The Hall–Kier alpha value is -2.69. The predicted molar refractivity (Wildman–Crippen MR) is 76.9 cm³/mol. The summed E-state index contributed by atoms with van der Waals surface area (Å²) in [6.07, 6.45) is 0. The van der Waals surface area contributed by atoms with Crippen LogP contribution in [0.3, 0.4) is 0 Å². The maximum atomic E-state index is 13.5. The van der Waals surface area contributed by atoms with Crippen molar-refractivity contribution >= 4 is 17.3 Å². The molecule has 0 saturated heterocycles. The second kappa shape index (κ2) is 5.97. The van der Waals surface area contributed by atoms with Crippen LogP contribution in [0.1, 0.15) is 22.8 Å². The highest BCUT2D eigenvalue weighted by Crippen LogP contribution is 2.08. The van der Waals surface area contributed by atoms with E-state index in [4.69, 9.17) is 5.73 Å². The van der Waals surface area contributed by atoms with Gasteiger partial charge in [-0.1, -0.05) is 18.2 Å². The molecule has 2 rings (SSSR count). The molecule has 0 radical (unpaired) electrons. The molecule has 0 unspecified atom stereocenters. The molecule has 2 aromatic carbocycles. The molecule has 0 atom stereocenters. The molecule has 0 heterocycles. The van der Waals surface area contributed by atoms with Crippen molar-refractivity contribution in [1.29, 1.82) is 0 Å². The smallest absolute Gasteiger partial charge is 0.271 e. The minimum Gasteiger partial charge on any atom is -0.399 e. The number of hydrogen-bond acceptors (Lipinski definition) is 3. The van der Waals surface area contributed by atoms with Crippen molar-refractivity contribution in [3.63, 3.8) is 0 Å². The quantitative estimate of drug-likeness (QED) is 0.512. The van der Waals surface area contributed by atoms with E-state index in [1.165, 1.54) is 6.07 Å². The Bertz CT molecular complexity index is 650. The van der Waals surface area contributed by atoms with Crippen LogP contribution in [-0.2, 0) is 0 Å². The van der Waals surface area contributed by atoms with Gasteiger partial charge in [0.15, 0.2) is 0 Å². The molecular weight excluding hydrogens is 257 g/mol. The molecule has 5 heteroatoms. The zero-order chi connectivity index (χ0) is 14.5. The van der Waals surface area contributed by atoms with Crippen molar-refractivity contribution in [1.82, 2.24) is 5.43 Å². The Balaban J connectivity index is 2.11. The van der Waals surface area contributed by atoms with Crippen LogP contribution in [0.25, 0.3) is 0 Å². The number of hydrazone groups is 1. The third kappa shape index (κ3) is 3.20. The lowest BCUT2D eigenvalue weighted by Crippen LogP contribution is -2.19. The first-order valence-electron chi connectivity index (χ1n) is 6.03. The Morgan fingerprint density at radius 2 is 1.80 bits per heavy atom. The third-order valence-corrected chi connectivity index (χ3v) is 2.76. The van der Waals surface area contributed by atoms with Crippen molar-refractivity contribution in [2.45, 2.75) is 6.92 Å². The Kier molecular flexibility index (Phi) is 4.10. The Labute approximate surface area is 116 Å². The van der Waals surface area contributed by atoms with E-state index in [1.807, 2.05) is 0 Å². The highest BCUT2D eigenvalue weighted by atomic mass is 19.1. The predicted octanol–water partition coefficient (Wildman–Crippen LogP) is 2.56. The van der Waals surface area contributed by atoms with Crippen LogP contribution in [0.4, 0.5) is 10.1 Å². The van der Waals surface area contributed by atoms with E-state index in [0.29, 0.717) is 22.5 Å². The number of nitrogens with two attached hydrogens (primary N) is 1. The first-order chi connectivity index (χ1) is 9.58. The van der Waals surface area contributed by atoms with Gasteiger partial charge in [0, 0.05) is 16.8 Å². The molecule has 0 aliphatic heterocycles. The Morgan fingerprint density at radius 3 is 2.45 bits per heavy atom. The lowest BCUT2D eigenvalue weighted by molar-refractivity contribution is 0.0955. The van der Waals surface area contributed by atoms with E-state index in [-0.39, 0.29) is 11.7 Å². The van der Waals surface area contributed by atoms with Crippen molar-refractivity contribution in [3.05, 3.63) is 65.5 Å². The van der Waals surface area contributed by atoms with E-state index < -0.39 is 0 Å². The zero-order valence-electron chi connectivity index (χ0n) is 10.9. The molecule has 4 nitrogen and oxygen atoms in total. The standard InChI is InChI=1S/C15H14FN3O/c1-10(13-4-2-3-5-14(13)16)18-19-15(20)11-6-8-12(17)9-7-11/h2-9H,17H2,1H3,(H,19,20). The average molecular weight is 271 g/mol. The van der Waals surface area contributed by atoms with Crippen LogP contribution >= 0.6 is 0 Å². The highest BCUT2D eigenvalue weighted by molar-refractivity contribution is 6.01. The molecule has 0 aliphatic rings. The van der Waals surface area contributed by atoms with Crippen molar-refractivity contribution in [2.24, 2.45) is 5.10 Å². The van der Waals surface area contributed by atoms with Crippen molar-refractivity contribution in [3.8, 4) is 0 Å². The maximum Gasteiger partial charge on any atom is 0.271 e. The van der Waals surface area contributed by atoms with Crippen LogP contribution in [0, 0.1) is 5.82 Å². The molecule has 3 N–H and O–H groups in total. The van der Waals surface area contributed by atoms with E-state index in [1.54, 1.807) is 49.4 Å². The second-order valence-electron chi connectivity index (χ2n) is 4.24. The summed E-state index contributed by atoms with van der Waals surface area (Å²) in [4.78, 5) is 11.8. The van der Waals surface area contributed by atoms with Gasteiger partial charge in [0.2, 0.25) is 0 Å². The van der Waals surface area contributed by atoms with Gasteiger partial charge in [-0.25, -0.2) is 9.82 Å². The fraction of sp³-hybridized carbons (Fsp3) is 0.0667. The van der Waals surface area contributed by atoms with E-state index in [9.17, 15) is 9.18 Å². The zero-order valence-corrected chi connectivity index (χ0v) is 10.9. The SMILES string of the molecule is CC(=NNC(=O)c1ccc(N)cc1)c1ccccc1F. The molecule has 102 valence electrons. The minimum atomic E-state index is -0.379. The summed E-state index contributed by atoms with van der Waals surface area (Å²) < 4.78 is 13.5. The van der Waals surface area contributed by atoms with Crippen molar-refractivity contribution < 1.29 is 9.18 Å². The number of nitrogens with one attached hydrogen (secondary N) is 1. The van der Waals surface area contributed by atoms with Gasteiger partial charge < -0.3 is 5.73 Å². The molecule has 0 bridgehead atoms. The van der Waals surface area contributed by atoms with Crippen LogP contribution in [0.5, 0.6) is 0 Å². The number of halogens is 1. The normalized spacial score (nSPS) is 11.2. The number of anilines is 1. The summed E-state index contributed by atoms with van der Waals surface area (Å²) in [6.45, 7) is 1.63. The number of amides is 1. The van der Waals surface area contributed by atoms with Crippen LogP contribution in [0.15, 0.2) is 53.6 Å². The highest BCUT2D eigenvalue weighted by Gasteiger charge is 2.06. The van der Waals surface area contributed by atoms with Gasteiger partial charge in [-0.3, -0.25) is 4.79 Å². The summed E-state index contributed by atoms with van der Waals surface area (Å²) in [6, 6.07) is 12.7. The number of benzene rings is 2. The van der Waals surface area contributed by atoms with E-state index in [0.717, 1.165) is 0 Å². The number of carbonyl (C=O) groups is 1. The van der Waals surface area contributed by atoms with Crippen molar-refractivity contribution in [2.75, 3.05) is 5.73 Å². The van der Waals surface area contributed by atoms with E-state index >= 15 is 0 Å². The van der Waals surface area contributed by atoms with Gasteiger partial charge >= 0.3 is 0 Å². The van der Waals surface area contributed by atoms with Gasteiger partial charge in [0.1, 0.15) is 5.82 Å². The molecule has 0 spiro atoms. The Morgan fingerprint density at radius 1 is 1.15 bits per heavy atom. The third-order valence-electron chi connectivity index (χ3n) is 2.76. The van der Waals surface area contributed by atoms with Crippen LogP contribution in [0.2, 0.25) is 0 Å². The van der Waals surface area contributed by atoms with Gasteiger partial charge in [-0.2, -0.15) is 5.10 Å². The summed E-state index contributed by atoms with van der Waals surface area (Å²) >= 11 is 0. The number of hydrogen-bond donors (Lipinski definition) is 2. The van der Waals surface area contributed by atoms with Gasteiger partial charge in [-0.05, 0) is 37.3 Å². The lowest BCUT2D eigenvalue weighted by Gasteiger charge is -2.04. The van der Waals surface area contributed by atoms with Crippen LogP contribution < -0.4 is 11.2 Å². The molecule has 20 heavy (non-hydrogen) atoms. The topological polar surface area (TPSA) is 67.5 Å². The van der Waals surface area contributed by atoms with Gasteiger partial charge in [0.25, 0.3) is 5.91 Å². The first-order valence-corrected chi connectivity index (χ1v) is 6.03. The number of nitrogen functional groups attached to an aromatic ring is 1. The number of rotatable bonds is 3. The molecule has 2 aromatic rings. The fourth-order valence-electron chi connectivity index (χ4n) is 1.65. The first kappa shape index (κ1) is 13.7. The summed E-state index contributed by atoms with van der Waals surface area (Å²) in [7, 11) is 0. The molecule has 0 aromatic heterocycles. The van der Waals surface area contributed by atoms with Gasteiger partial charge in [-0.15, -0.1) is 0 Å². The average Bonchev–Trinajstić information content (AvgIpc) is 2.45.